The van der Waals surface area contributed by atoms with Crippen LogP contribution in [0.5, 0.6) is 0 Å². The number of anilines is 1. The Balaban J connectivity index is 2.21. The lowest BCUT2D eigenvalue weighted by Gasteiger charge is -2.10. The molecule has 0 aliphatic heterocycles. The Labute approximate surface area is 142 Å². The molecule has 11 heteroatoms. The normalized spacial score (nSPS) is 13.3. The van der Waals surface area contributed by atoms with Gasteiger partial charge in [-0.1, -0.05) is 6.07 Å². The van der Waals surface area contributed by atoms with Crippen LogP contribution < -0.4 is 5.32 Å². The number of alkyl halides is 3. The lowest BCUT2D eigenvalue weighted by Crippen LogP contribution is -2.23. The number of hydrogen-bond donors (Lipinski definition) is 1. The maximum Gasteiger partial charge on any atom is 0.501 e. The molecular weight excluding hydrogens is 383 g/mol. The minimum Gasteiger partial charge on any atom is -0.768 e. The highest BCUT2D eigenvalue weighted by Crippen LogP contribution is 2.30. The molecule has 1 N–H and O–H groups in total. The van der Waals surface area contributed by atoms with E-state index in [1.54, 1.807) is 0 Å². The molecule has 1 atom stereocenters. The maximum atomic E-state index is 12.4. The molecule has 0 saturated heterocycles. The van der Waals surface area contributed by atoms with Crippen LogP contribution in [-0.4, -0.2) is 28.6 Å². The summed E-state index contributed by atoms with van der Waals surface area (Å²) in [4.78, 5) is 11.0. The van der Waals surface area contributed by atoms with Crippen LogP contribution in [0.2, 0.25) is 0 Å². The molecule has 2 aromatic rings. The van der Waals surface area contributed by atoms with Gasteiger partial charge in [-0.05, 0) is 53.5 Å². The molecule has 1 amide bonds. The first kappa shape index (κ1) is 19.1. The summed E-state index contributed by atoms with van der Waals surface area (Å²) in [6, 6.07) is 8.48. The molecule has 0 fully saturated rings. The third-order valence-corrected chi connectivity index (χ3v) is 5.16. The molecule has 0 aromatic heterocycles. The predicted octanol–water partition coefficient (Wildman–Crippen LogP) is 2.47. The van der Waals surface area contributed by atoms with Crippen LogP contribution in [0.25, 0.3) is 0 Å². The van der Waals surface area contributed by atoms with Gasteiger partial charge in [0.1, 0.15) is 0 Å². The van der Waals surface area contributed by atoms with Gasteiger partial charge in [0, 0.05) is 16.1 Å². The highest BCUT2D eigenvalue weighted by Gasteiger charge is 2.46. The van der Waals surface area contributed by atoms with Gasteiger partial charge in [0.15, 0.2) is 0 Å². The van der Waals surface area contributed by atoms with Crippen LogP contribution in [0.4, 0.5) is 18.9 Å². The number of benzene rings is 2. The summed E-state index contributed by atoms with van der Waals surface area (Å²) in [6.45, 7) is 0. The van der Waals surface area contributed by atoms with E-state index in [0.717, 1.165) is 18.2 Å². The van der Waals surface area contributed by atoms with Crippen molar-refractivity contribution in [3.05, 3.63) is 54.1 Å². The van der Waals surface area contributed by atoms with E-state index in [1.807, 2.05) is 0 Å². The molecule has 2 rings (SSSR count). The summed E-state index contributed by atoms with van der Waals surface area (Å²) in [5.41, 5.74) is -5.37. The van der Waals surface area contributed by atoms with E-state index in [4.69, 9.17) is 0 Å². The van der Waals surface area contributed by atoms with Gasteiger partial charge in [-0.25, -0.2) is 8.42 Å². The van der Waals surface area contributed by atoms with Crippen molar-refractivity contribution in [2.75, 3.05) is 5.32 Å². The second kappa shape index (κ2) is 6.94. The number of carbonyl (C=O) groups is 1. The first-order chi connectivity index (χ1) is 11.5. The minimum atomic E-state index is -5.47. The molecule has 2 aromatic carbocycles. The highest BCUT2D eigenvalue weighted by atomic mass is 32.2. The zero-order valence-corrected chi connectivity index (χ0v) is 13.7. The van der Waals surface area contributed by atoms with Crippen molar-refractivity contribution in [3.8, 4) is 0 Å². The molecule has 0 aliphatic carbocycles. The lowest BCUT2D eigenvalue weighted by molar-refractivity contribution is -0.0436. The molecular formula is C14H9F3NO5S2-. The van der Waals surface area contributed by atoms with Crippen molar-refractivity contribution in [2.45, 2.75) is 15.3 Å². The Morgan fingerprint density at radius 3 is 2.20 bits per heavy atom. The van der Waals surface area contributed by atoms with Crippen LogP contribution in [0.3, 0.4) is 0 Å². The summed E-state index contributed by atoms with van der Waals surface area (Å²) in [5.74, 6) is -0.710. The van der Waals surface area contributed by atoms with Crippen LogP contribution in [0.15, 0.2) is 58.3 Å². The lowest BCUT2D eigenvalue weighted by atomic mass is 10.2. The van der Waals surface area contributed by atoms with Gasteiger partial charge in [0.25, 0.3) is 15.7 Å². The van der Waals surface area contributed by atoms with E-state index >= 15 is 0 Å². The van der Waals surface area contributed by atoms with Crippen LogP contribution in [0, 0.1) is 0 Å². The van der Waals surface area contributed by atoms with Crippen molar-refractivity contribution < 1.29 is 35.1 Å². The average Bonchev–Trinajstić information content (AvgIpc) is 2.54. The van der Waals surface area contributed by atoms with Crippen LogP contribution >= 0.6 is 0 Å². The van der Waals surface area contributed by atoms with E-state index in [1.165, 1.54) is 18.2 Å². The Bertz CT molecular complexity index is 924. The first-order valence-corrected chi connectivity index (χ1v) is 9.00. The number of hydrogen-bond acceptors (Lipinski definition) is 5. The standard InChI is InChI=1S/C14H10F3NO5S2/c15-14(16,17)25(22,23)12-6-4-10(5-7-12)18-13(19)9-2-1-3-11(8-9)24(20)21/h1-8H,(H,18,19)(H,20,21)/p-1. The molecule has 1 unspecified atom stereocenters. The van der Waals surface area contributed by atoms with Gasteiger partial charge >= 0.3 is 5.51 Å². The van der Waals surface area contributed by atoms with Crippen molar-refractivity contribution in [2.24, 2.45) is 0 Å². The smallest absolute Gasteiger partial charge is 0.501 e. The third-order valence-electron chi connectivity index (χ3n) is 3.02. The predicted molar refractivity (Wildman–Crippen MR) is 81.3 cm³/mol. The van der Waals surface area contributed by atoms with Crippen LogP contribution in [0.1, 0.15) is 10.4 Å². The molecule has 0 heterocycles. The highest BCUT2D eigenvalue weighted by molar-refractivity contribution is 7.92. The summed E-state index contributed by atoms with van der Waals surface area (Å²) >= 11 is -2.53. The fourth-order valence-corrected chi connectivity index (χ4v) is 2.97. The molecule has 0 radical (unpaired) electrons. The number of halogens is 3. The average molecular weight is 392 g/mol. The molecule has 0 spiro atoms. The molecule has 25 heavy (non-hydrogen) atoms. The quantitative estimate of drug-likeness (QED) is 0.805. The first-order valence-electron chi connectivity index (χ1n) is 6.44. The van der Waals surface area contributed by atoms with Crippen molar-refractivity contribution >= 4 is 32.5 Å². The number of nitrogens with one attached hydrogen (secondary N) is 1. The second-order valence-corrected chi connectivity index (χ2v) is 7.57. The Hall–Kier alpha value is -2.24. The molecule has 6 nitrogen and oxygen atoms in total. The monoisotopic (exact) mass is 392 g/mol. The molecule has 0 bridgehead atoms. The topological polar surface area (TPSA) is 103 Å². The minimum absolute atomic E-state index is 0.00805. The maximum absolute atomic E-state index is 12.4. The number of sulfone groups is 1. The van der Waals surface area contributed by atoms with E-state index in [2.05, 4.69) is 5.32 Å². The van der Waals surface area contributed by atoms with Gasteiger partial charge < -0.3 is 9.87 Å². The Morgan fingerprint density at radius 1 is 1.08 bits per heavy atom. The summed E-state index contributed by atoms with van der Waals surface area (Å²) in [7, 11) is -5.47. The van der Waals surface area contributed by atoms with Gasteiger partial charge in [0.2, 0.25) is 0 Å². The van der Waals surface area contributed by atoms with Gasteiger partial charge in [-0.2, -0.15) is 13.2 Å². The van der Waals surface area contributed by atoms with E-state index in [9.17, 15) is 35.1 Å². The molecule has 0 aliphatic rings. The summed E-state index contributed by atoms with van der Waals surface area (Å²) < 4.78 is 81.5. The number of carbonyl (C=O) groups excluding carboxylic acids is 1. The van der Waals surface area contributed by atoms with Gasteiger partial charge in [-0.15, -0.1) is 0 Å². The molecule has 134 valence electrons. The Kier molecular flexibility index (Phi) is 5.30. The zero-order valence-electron chi connectivity index (χ0n) is 12.1. The third kappa shape index (κ3) is 4.24. The largest absolute Gasteiger partial charge is 0.768 e. The Morgan fingerprint density at radius 2 is 1.68 bits per heavy atom. The SMILES string of the molecule is O=C(Nc1ccc(S(=O)(=O)C(F)(F)F)cc1)c1cccc(S(=O)[O-])c1. The van der Waals surface area contributed by atoms with E-state index in [-0.39, 0.29) is 16.1 Å². The fraction of sp³-hybridized carbons (Fsp3) is 0.0714. The molecule has 0 saturated carbocycles. The van der Waals surface area contributed by atoms with Crippen molar-refractivity contribution in [1.29, 1.82) is 0 Å². The van der Waals surface area contributed by atoms with E-state index < -0.39 is 37.2 Å². The van der Waals surface area contributed by atoms with E-state index in [0.29, 0.717) is 12.1 Å². The number of rotatable bonds is 4. The number of amides is 1. The summed E-state index contributed by atoms with van der Waals surface area (Å²) in [6.07, 6.45) is 0. The summed E-state index contributed by atoms with van der Waals surface area (Å²) in [5, 5.41) is 2.33. The van der Waals surface area contributed by atoms with Crippen LogP contribution in [-0.2, 0) is 20.9 Å². The fourth-order valence-electron chi connectivity index (χ4n) is 1.80. The van der Waals surface area contributed by atoms with Gasteiger partial charge in [-0.3, -0.25) is 9.00 Å². The second-order valence-electron chi connectivity index (χ2n) is 4.69. The zero-order chi connectivity index (χ0) is 18.8. The van der Waals surface area contributed by atoms with Gasteiger partial charge in [0.05, 0.1) is 4.90 Å². The van der Waals surface area contributed by atoms with Crippen molar-refractivity contribution in [1.82, 2.24) is 0 Å². The van der Waals surface area contributed by atoms with Crippen molar-refractivity contribution in [3.63, 3.8) is 0 Å².